The highest BCUT2D eigenvalue weighted by atomic mass is 32.1. The van der Waals surface area contributed by atoms with Crippen molar-refractivity contribution in [1.82, 2.24) is 9.88 Å². The fourth-order valence-electron chi connectivity index (χ4n) is 2.32. The van der Waals surface area contributed by atoms with E-state index in [1.165, 1.54) is 15.6 Å². The van der Waals surface area contributed by atoms with Crippen LogP contribution in [0.1, 0.15) is 28.9 Å². The van der Waals surface area contributed by atoms with Crippen LogP contribution in [0.25, 0.3) is 0 Å². The average molecular weight is 239 g/mol. The van der Waals surface area contributed by atoms with Crippen molar-refractivity contribution in [2.45, 2.75) is 39.8 Å². The summed E-state index contributed by atoms with van der Waals surface area (Å²) >= 11 is 1.83. The van der Waals surface area contributed by atoms with Gasteiger partial charge in [0.15, 0.2) is 0 Å². The van der Waals surface area contributed by atoms with Crippen LogP contribution in [0.15, 0.2) is 0 Å². The Kier molecular flexibility index (Phi) is 3.62. The molecule has 1 aromatic heterocycles. The molecule has 2 unspecified atom stereocenters. The highest BCUT2D eigenvalue weighted by Gasteiger charge is 2.23. The lowest BCUT2D eigenvalue weighted by molar-refractivity contribution is 0.158. The Balaban J connectivity index is 1.98. The van der Waals surface area contributed by atoms with Gasteiger partial charge in [-0.2, -0.15) is 0 Å². The van der Waals surface area contributed by atoms with Crippen LogP contribution in [0.5, 0.6) is 0 Å². The predicted octanol–water partition coefficient (Wildman–Crippen LogP) is 1.93. The highest BCUT2D eigenvalue weighted by molar-refractivity contribution is 7.11. The number of likely N-dealkylation sites (tertiary alicyclic amines) is 1. The Morgan fingerprint density at radius 3 is 2.81 bits per heavy atom. The van der Waals surface area contributed by atoms with E-state index < -0.39 is 0 Å². The highest BCUT2D eigenvalue weighted by Crippen LogP contribution is 2.22. The third-order valence-corrected chi connectivity index (χ3v) is 4.48. The summed E-state index contributed by atoms with van der Waals surface area (Å²) in [7, 11) is 0. The molecule has 0 amide bonds. The number of rotatable bonds is 2. The van der Waals surface area contributed by atoms with Crippen LogP contribution in [-0.4, -0.2) is 29.0 Å². The second-order valence-electron chi connectivity index (χ2n) is 4.91. The molecule has 90 valence electrons. The second kappa shape index (κ2) is 4.82. The third kappa shape index (κ3) is 2.62. The Labute approximate surface area is 102 Å². The smallest absolute Gasteiger partial charge is 0.0900 e. The van der Waals surface area contributed by atoms with Crippen LogP contribution in [0.4, 0.5) is 0 Å². The SMILES string of the molecule is Cc1nc(C)c(CN2CCC(N)C(C)C2)s1. The van der Waals surface area contributed by atoms with E-state index in [1.54, 1.807) is 0 Å². The van der Waals surface area contributed by atoms with Gasteiger partial charge in [0.05, 0.1) is 10.7 Å². The minimum atomic E-state index is 0.389. The second-order valence-corrected chi connectivity index (χ2v) is 6.19. The summed E-state index contributed by atoms with van der Waals surface area (Å²) in [5.74, 6) is 0.614. The maximum atomic E-state index is 6.03. The van der Waals surface area contributed by atoms with Crippen molar-refractivity contribution in [1.29, 1.82) is 0 Å². The van der Waals surface area contributed by atoms with E-state index in [-0.39, 0.29) is 0 Å². The van der Waals surface area contributed by atoms with Gasteiger partial charge in [-0.05, 0) is 26.2 Å². The largest absolute Gasteiger partial charge is 0.327 e. The lowest BCUT2D eigenvalue weighted by Crippen LogP contribution is -2.45. The molecule has 1 aromatic rings. The van der Waals surface area contributed by atoms with Crippen molar-refractivity contribution in [3.63, 3.8) is 0 Å². The molecular weight excluding hydrogens is 218 g/mol. The lowest BCUT2D eigenvalue weighted by Gasteiger charge is -2.34. The first-order valence-electron chi connectivity index (χ1n) is 5.97. The first kappa shape index (κ1) is 12.0. The Hall–Kier alpha value is -0.450. The maximum absolute atomic E-state index is 6.03. The zero-order valence-corrected chi connectivity index (χ0v) is 11.2. The average Bonchev–Trinajstić information content (AvgIpc) is 2.51. The molecule has 0 aromatic carbocycles. The summed E-state index contributed by atoms with van der Waals surface area (Å²) in [6.45, 7) is 9.74. The molecule has 2 atom stereocenters. The minimum Gasteiger partial charge on any atom is -0.327 e. The number of aromatic nitrogens is 1. The molecule has 0 bridgehead atoms. The molecular formula is C12H21N3S. The van der Waals surface area contributed by atoms with E-state index in [4.69, 9.17) is 5.73 Å². The van der Waals surface area contributed by atoms with Crippen molar-refractivity contribution >= 4 is 11.3 Å². The molecule has 3 nitrogen and oxygen atoms in total. The zero-order valence-electron chi connectivity index (χ0n) is 10.4. The van der Waals surface area contributed by atoms with Crippen molar-refractivity contribution in [3.8, 4) is 0 Å². The fraction of sp³-hybridized carbons (Fsp3) is 0.750. The summed E-state index contributed by atoms with van der Waals surface area (Å²) in [4.78, 5) is 8.40. The Morgan fingerprint density at radius 1 is 1.50 bits per heavy atom. The summed E-state index contributed by atoms with van der Waals surface area (Å²) in [6, 6.07) is 0.389. The molecule has 2 rings (SSSR count). The monoisotopic (exact) mass is 239 g/mol. The number of thiazole rings is 1. The van der Waals surface area contributed by atoms with Gasteiger partial charge < -0.3 is 5.73 Å². The number of nitrogens with two attached hydrogens (primary N) is 1. The summed E-state index contributed by atoms with van der Waals surface area (Å²) in [5.41, 5.74) is 7.23. The van der Waals surface area contributed by atoms with Gasteiger partial charge in [-0.25, -0.2) is 4.98 Å². The van der Waals surface area contributed by atoms with Crippen LogP contribution in [0, 0.1) is 19.8 Å². The first-order valence-corrected chi connectivity index (χ1v) is 6.78. The summed E-state index contributed by atoms with van der Waals surface area (Å²) < 4.78 is 0. The van der Waals surface area contributed by atoms with Crippen LogP contribution in [-0.2, 0) is 6.54 Å². The van der Waals surface area contributed by atoms with Gasteiger partial charge in [0.1, 0.15) is 0 Å². The van der Waals surface area contributed by atoms with Crippen molar-refractivity contribution in [2.75, 3.05) is 13.1 Å². The fourth-order valence-corrected chi connectivity index (χ4v) is 3.30. The molecule has 2 heterocycles. The topological polar surface area (TPSA) is 42.2 Å². The van der Waals surface area contributed by atoms with E-state index >= 15 is 0 Å². The van der Waals surface area contributed by atoms with E-state index in [1.807, 2.05) is 11.3 Å². The standard InChI is InChI=1S/C12H21N3S/c1-8-6-15(5-4-11(8)13)7-12-9(2)14-10(3)16-12/h8,11H,4-7,13H2,1-3H3. The molecule has 0 spiro atoms. The molecule has 0 aliphatic carbocycles. The van der Waals surface area contributed by atoms with Gasteiger partial charge in [-0.15, -0.1) is 11.3 Å². The van der Waals surface area contributed by atoms with Crippen molar-refractivity contribution < 1.29 is 0 Å². The van der Waals surface area contributed by atoms with Gasteiger partial charge in [0, 0.05) is 30.6 Å². The molecule has 1 aliphatic heterocycles. The van der Waals surface area contributed by atoms with Crippen LogP contribution in [0.3, 0.4) is 0 Å². The van der Waals surface area contributed by atoms with Gasteiger partial charge in [0.25, 0.3) is 0 Å². The number of hydrogen-bond donors (Lipinski definition) is 1. The van der Waals surface area contributed by atoms with Crippen LogP contribution in [0.2, 0.25) is 0 Å². The minimum absolute atomic E-state index is 0.389. The van der Waals surface area contributed by atoms with Crippen LogP contribution < -0.4 is 5.73 Å². The van der Waals surface area contributed by atoms with Gasteiger partial charge in [-0.3, -0.25) is 4.90 Å². The molecule has 1 saturated heterocycles. The first-order chi connectivity index (χ1) is 7.56. The van der Waals surface area contributed by atoms with E-state index in [0.717, 1.165) is 26.1 Å². The zero-order chi connectivity index (χ0) is 11.7. The van der Waals surface area contributed by atoms with Gasteiger partial charge in [-0.1, -0.05) is 6.92 Å². The number of nitrogens with zero attached hydrogens (tertiary/aromatic N) is 2. The molecule has 16 heavy (non-hydrogen) atoms. The Bertz CT molecular complexity index is 361. The number of hydrogen-bond acceptors (Lipinski definition) is 4. The van der Waals surface area contributed by atoms with E-state index in [9.17, 15) is 0 Å². The third-order valence-electron chi connectivity index (χ3n) is 3.42. The van der Waals surface area contributed by atoms with Crippen molar-refractivity contribution in [3.05, 3.63) is 15.6 Å². The normalized spacial score (nSPS) is 27.2. The molecule has 1 fully saturated rings. The lowest BCUT2D eigenvalue weighted by atomic mass is 9.95. The molecule has 0 saturated carbocycles. The predicted molar refractivity (Wildman–Crippen MR) is 68.6 cm³/mol. The van der Waals surface area contributed by atoms with E-state index in [2.05, 4.69) is 30.7 Å². The molecule has 0 radical (unpaired) electrons. The van der Waals surface area contributed by atoms with Crippen molar-refractivity contribution in [2.24, 2.45) is 11.7 Å². The van der Waals surface area contributed by atoms with Gasteiger partial charge in [0.2, 0.25) is 0 Å². The Morgan fingerprint density at radius 2 is 2.25 bits per heavy atom. The van der Waals surface area contributed by atoms with Crippen LogP contribution >= 0.6 is 11.3 Å². The van der Waals surface area contributed by atoms with E-state index in [0.29, 0.717) is 12.0 Å². The van der Waals surface area contributed by atoms with Gasteiger partial charge >= 0.3 is 0 Å². The number of piperidine rings is 1. The number of aryl methyl sites for hydroxylation is 2. The summed E-state index contributed by atoms with van der Waals surface area (Å²) in [6.07, 6.45) is 1.12. The maximum Gasteiger partial charge on any atom is 0.0900 e. The molecule has 2 N–H and O–H groups in total. The quantitative estimate of drug-likeness (QED) is 0.857. The molecule has 1 aliphatic rings. The summed E-state index contributed by atoms with van der Waals surface area (Å²) in [5, 5.41) is 1.18. The molecule has 4 heteroatoms.